The number of nitrogens with one attached hydrogen (secondary N) is 2. The number of quaternary nitrogens is 2. The van der Waals surface area contributed by atoms with Crippen LogP contribution in [0.1, 0.15) is 11.1 Å². The number of aliphatic hydroxyl groups is 1. The van der Waals surface area contributed by atoms with E-state index < -0.39 is 0 Å². The molecule has 1 heterocycles. The molecule has 0 unspecified atom stereocenters. The molecule has 0 spiro atoms. The van der Waals surface area contributed by atoms with Gasteiger partial charge in [0.25, 0.3) is 0 Å². The maximum atomic E-state index is 9.09. The monoisotopic (exact) mass is 222 g/mol. The van der Waals surface area contributed by atoms with E-state index in [1.165, 1.54) is 31.7 Å². The minimum Gasteiger partial charge on any atom is -0.392 e. The lowest BCUT2D eigenvalue weighted by Crippen LogP contribution is -3.26. The molecule has 0 aromatic heterocycles. The summed E-state index contributed by atoms with van der Waals surface area (Å²) in [5.41, 5.74) is 2.37. The highest BCUT2D eigenvalue weighted by molar-refractivity contribution is 5.22. The standard InChI is InChI=1S/C13H20N2O/c1-14-5-7-15(8-6-14)10-12-3-2-4-13(9-12)11-16/h2-4,9,16H,5-8,10-11H2,1H3/p+2. The quantitative estimate of drug-likeness (QED) is 0.547. The summed E-state index contributed by atoms with van der Waals surface area (Å²) in [5, 5.41) is 9.09. The summed E-state index contributed by atoms with van der Waals surface area (Å²) in [6, 6.07) is 8.31. The van der Waals surface area contributed by atoms with E-state index in [1.807, 2.05) is 12.1 Å². The Hall–Kier alpha value is -0.900. The second kappa shape index (κ2) is 5.43. The van der Waals surface area contributed by atoms with Crippen LogP contribution in [-0.4, -0.2) is 38.3 Å². The van der Waals surface area contributed by atoms with Crippen molar-refractivity contribution in [2.24, 2.45) is 0 Å². The van der Waals surface area contributed by atoms with Crippen LogP contribution < -0.4 is 9.80 Å². The molecule has 2 rings (SSSR count). The minimum absolute atomic E-state index is 0.149. The third kappa shape index (κ3) is 3.04. The Morgan fingerprint density at radius 2 is 1.81 bits per heavy atom. The van der Waals surface area contributed by atoms with Crippen LogP contribution in [0.5, 0.6) is 0 Å². The Balaban J connectivity index is 1.93. The molecule has 1 saturated heterocycles. The van der Waals surface area contributed by atoms with Gasteiger partial charge >= 0.3 is 0 Å². The van der Waals surface area contributed by atoms with Crippen LogP contribution in [0.25, 0.3) is 0 Å². The topological polar surface area (TPSA) is 29.1 Å². The zero-order valence-electron chi connectivity index (χ0n) is 10.00. The molecule has 0 amide bonds. The molecule has 1 fully saturated rings. The molecule has 0 aliphatic carbocycles. The lowest BCUT2D eigenvalue weighted by Gasteiger charge is -2.27. The fraction of sp³-hybridized carbons (Fsp3) is 0.538. The molecule has 0 saturated carbocycles. The first-order valence-electron chi connectivity index (χ1n) is 6.11. The number of hydrogen-bond acceptors (Lipinski definition) is 1. The van der Waals surface area contributed by atoms with Crippen LogP contribution in [0.4, 0.5) is 0 Å². The highest BCUT2D eigenvalue weighted by atomic mass is 16.3. The van der Waals surface area contributed by atoms with E-state index in [4.69, 9.17) is 5.11 Å². The number of rotatable bonds is 3. The van der Waals surface area contributed by atoms with E-state index in [2.05, 4.69) is 19.2 Å². The third-order valence-corrected chi connectivity index (χ3v) is 3.44. The van der Waals surface area contributed by atoms with Crippen LogP contribution in [0.2, 0.25) is 0 Å². The average molecular weight is 222 g/mol. The molecular formula is C13H22N2O+2. The van der Waals surface area contributed by atoms with Crippen molar-refractivity contribution in [2.45, 2.75) is 13.2 Å². The Labute approximate surface area is 97.3 Å². The van der Waals surface area contributed by atoms with Crippen molar-refractivity contribution in [2.75, 3.05) is 33.2 Å². The first kappa shape index (κ1) is 11.6. The molecule has 88 valence electrons. The van der Waals surface area contributed by atoms with Crippen molar-refractivity contribution in [3.05, 3.63) is 35.4 Å². The molecule has 1 aromatic rings. The number of hydrogen-bond donors (Lipinski definition) is 3. The van der Waals surface area contributed by atoms with E-state index in [0.29, 0.717) is 0 Å². The normalized spacial score (nSPS) is 25.6. The van der Waals surface area contributed by atoms with Crippen LogP contribution in [-0.2, 0) is 13.2 Å². The maximum Gasteiger partial charge on any atom is 0.127 e. The van der Waals surface area contributed by atoms with E-state index in [-0.39, 0.29) is 6.61 Å². The summed E-state index contributed by atoms with van der Waals surface area (Å²) in [4.78, 5) is 3.31. The van der Waals surface area contributed by atoms with Gasteiger partial charge in [0.2, 0.25) is 0 Å². The van der Waals surface area contributed by atoms with Crippen molar-refractivity contribution in [3.8, 4) is 0 Å². The van der Waals surface area contributed by atoms with E-state index in [0.717, 1.165) is 12.1 Å². The van der Waals surface area contributed by atoms with Gasteiger partial charge in [-0.15, -0.1) is 0 Å². The van der Waals surface area contributed by atoms with Gasteiger partial charge in [0, 0.05) is 5.56 Å². The van der Waals surface area contributed by atoms with Gasteiger partial charge in [0.1, 0.15) is 32.7 Å². The minimum atomic E-state index is 0.149. The third-order valence-electron chi connectivity index (χ3n) is 3.44. The second-order valence-corrected chi connectivity index (χ2v) is 4.86. The largest absolute Gasteiger partial charge is 0.392 e. The summed E-state index contributed by atoms with van der Waals surface area (Å²) in [6.07, 6.45) is 0. The Kier molecular flexibility index (Phi) is 3.93. The summed E-state index contributed by atoms with van der Waals surface area (Å²) < 4.78 is 0. The number of piperazine rings is 1. The molecule has 3 N–H and O–H groups in total. The first-order chi connectivity index (χ1) is 7.78. The number of benzene rings is 1. The zero-order chi connectivity index (χ0) is 11.4. The fourth-order valence-electron chi connectivity index (χ4n) is 2.33. The van der Waals surface area contributed by atoms with E-state index in [1.54, 1.807) is 9.80 Å². The molecular weight excluding hydrogens is 200 g/mol. The van der Waals surface area contributed by atoms with Gasteiger partial charge in [-0.05, 0) is 11.6 Å². The molecule has 16 heavy (non-hydrogen) atoms. The average Bonchev–Trinajstić information content (AvgIpc) is 2.32. The van der Waals surface area contributed by atoms with Crippen LogP contribution >= 0.6 is 0 Å². The van der Waals surface area contributed by atoms with Crippen LogP contribution in [0.15, 0.2) is 24.3 Å². The van der Waals surface area contributed by atoms with E-state index >= 15 is 0 Å². The summed E-state index contributed by atoms with van der Waals surface area (Å²) in [6.45, 7) is 6.31. The second-order valence-electron chi connectivity index (χ2n) is 4.86. The van der Waals surface area contributed by atoms with Crippen molar-refractivity contribution in [3.63, 3.8) is 0 Å². The highest BCUT2D eigenvalue weighted by Crippen LogP contribution is 2.03. The Morgan fingerprint density at radius 1 is 1.12 bits per heavy atom. The molecule has 0 atom stereocenters. The van der Waals surface area contributed by atoms with Gasteiger partial charge in [-0.25, -0.2) is 0 Å². The smallest absolute Gasteiger partial charge is 0.127 e. The molecule has 3 heteroatoms. The van der Waals surface area contributed by atoms with E-state index in [9.17, 15) is 0 Å². The summed E-state index contributed by atoms with van der Waals surface area (Å²) in [5.74, 6) is 0. The highest BCUT2D eigenvalue weighted by Gasteiger charge is 2.19. The van der Waals surface area contributed by atoms with Crippen molar-refractivity contribution >= 4 is 0 Å². The van der Waals surface area contributed by atoms with Crippen molar-refractivity contribution in [1.82, 2.24) is 0 Å². The summed E-state index contributed by atoms with van der Waals surface area (Å²) in [7, 11) is 2.27. The van der Waals surface area contributed by atoms with Crippen molar-refractivity contribution in [1.29, 1.82) is 0 Å². The number of aliphatic hydroxyl groups excluding tert-OH is 1. The van der Waals surface area contributed by atoms with Crippen molar-refractivity contribution < 1.29 is 14.9 Å². The molecule has 1 aliphatic rings. The molecule has 0 radical (unpaired) electrons. The number of likely N-dealkylation sites (N-methyl/N-ethyl adjacent to an activating group) is 1. The van der Waals surface area contributed by atoms with Gasteiger partial charge in [0.15, 0.2) is 0 Å². The van der Waals surface area contributed by atoms with Gasteiger partial charge in [-0.2, -0.15) is 0 Å². The maximum absolute atomic E-state index is 9.09. The lowest BCUT2D eigenvalue weighted by atomic mass is 10.1. The summed E-state index contributed by atoms with van der Waals surface area (Å²) >= 11 is 0. The molecule has 3 nitrogen and oxygen atoms in total. The Morgan fingerprint density at radius 3 is 2.50 bits per heavy atom. The SMILES string of the molecule is C[NH+]1CC[NH+](Cc2cccc(CO)c2)CC1. The fourth-order valence-corrected chi connectivity index (χ4v) is 2.33. The predicted octanol–water partition coefficient (Wildman–Crippen LogP) is -1.91. The van der Waals surface area contributed by atoms with Gasteiger partial charge < -0.3 is 14.9 Å². The van der Waals surface area contributed by atoms with Crippen LogP contribution in [0.3, 0.4) is 0 Å². The Bertz CT molecular complexity index is 332. The zero-order valence-corrected chi connectivity index (χ0v) is 10.00. The lowest BCUT2D eigenvalue weighted by molar-refractivity contribution is -1.01. The van der Waals surface area contributed by atoms with Gasteiger partial charge in [0.05, 0.1) is 13.7 Å². The molecule has 1 aliphatic heterocycles. The predicted molar refractivity (Wildman–Crippen MR) is 63.4 cm³/mol. The first-order valence-corrected chi connectivity index (χ1v) is 6.11. The molecule has 1 aromatic carbocycles. The molecule has 0 bridgehead atoms. The van der Waals surface area contributed by atoms with Gasteiger partial charge in [-0.3, -0.25) is 0 Å². The van der Waals surface area contributed by atoms with Crippen LogP contribution in [0, 0.1) is 0 Å². The van der Waals surface area contributed by atoms with Gasteiger partial charge in [-0.1, -0.05) is 18.2 Å².